The van der Waals surface area contributed by atoms with Crippen molar-refractivity contribution in [1.29, 1.82) is 0 Å². The second-order valence-electron chi connectivity index (χ2n) is 9.71. The second-order valence-corrected chi connectivity index (χ2v) is 14.0. The van der Waals surface area contributed by atoms with Gasteiger partial charge in [-0.25, -0.2) is 0 Å². The summed E-state index contributed by atoms with van der Waals surface area (Å²) in [5.74, 6) is -0.115. The van der Waals surface area contributed by atoms with Crippen LogP contribution in [-0.2, 0) is 20.6 Å². The molecular formula is C29H33NO3Si. The topological polar surface area (TPSA) is 47.6 Å². The Labute approximate surface area is 203 Å². The molecule has 0 saturated heterocycles. The van der Waals surface area contributed by atoms with Gasteiger partial charge in [-0.15, -0.1) is 0 Å². The molecule has 1 aliphatic heterocycles. The van der Waals surface area contributed by atoms with Gasteiger partial charge in [0, 0.05) is 6.08 Å². The van der Waals surface area contributed by atoms with E-state index in [9.17, 15) is 4.79 Å². The second kappa shape index (κ2) is 10.5. The lowest BCUT2D eigenvalue weighted by Gasteiger charge is -2.44. The van der Waals surface area contributed by atoms with Gasteiger partial charge in [-0.2, -0.15) is 0 Å². The van der Waals surface area contributed by atoms with Gasteiger partial charge in [0.25, 0.3) is 8.32 Å². The molecule has 1 aliphatic rings. The maximum Gasteiger partial charge on any atom is 0.261 e. The Kier molecular flexibility index (Phi) is 7.46. The molecule has 2 atom stereocenters. The Morgan fingerprint density at radius 2 is 1.35 bits per heavy atom. The first-order valence-corrected chi connectivity index (χ1v) is 13.7. The van der Waals surface area contributed by atoms with Crippen LogP contribution in [0.3, 0.4) is 0 Å². The minimum Gasteiger partial charge on any atom is -0.405 e. The summed E-state index contributed by atoms with van der Waals surface area (Å²) in [6, 6.07) is 30.9. The molecule has 1 amide bonds. The van der Waals surface area contributed by atoms with Crippen molar-refractivity contribution in [3.8, 4) is 0 Å². The van der Waals surface area contributed by atoms with Crippen LogP contribution in [0.5, 0.6) is 0 Å². The minimum absolute atomic E-state index is 0.115. The van der Waals surface area contributed by atoms with Gasteiger partial charge < -0.3 is 14.5 Å². The highest BCUT2D eigenvalue weighted by Crippen LogP contribution is 2.37. The summed E-state index contributed by atoms with van der Waals surface area (Å²) >= 11 is 0. The van der Waals surface area contributed by atoms with E-state index in [1.165, 1.54) is 10.4 Å². The quantitative estimate of drug-likeness (QED) is 0.501. The number of hydrogen-bond donors (Lipinski definition) is 1. The molecule has 0 bridgehead atoms. The predicted octanol–water partition coefficient (Wildman–Crippen LogP) is 4.20. The molecular weight excluding hydrogens is 438 g/mol. The normalized spacial score (nSPS) is 18.5. The lowest BCUT2D eigenvalue weighted by Crippen LogP contribution is -2.68. The van der Waals surface area contributed by atoms with Crippen LogP contribution in [0.15, 0.2) is 103 Å². The van der Waals surface area contributed by atoms with Crippen molar-refractivity contribution in [2.75, 3.05) is 6.61 Å². The number of hydrogen-bond acceptors (Lipinski definition) is 3. The van der Waals surface area contributed by atoms with Gasteiger partial charge >= 0.3 is 0 Å². The highest BCUT2D eigenvalue weighted by molar-refractivity contribution is 6.99. The highest BCUT2D eigenvalue weighted by atomic mass is 28.4. The summed E-state index contributed by atoms with van der Waals surface area (Å²) in [6.45, 7) is 7.59. The zero-order valence-electron chi connectivity index (χ0n) is 20.1. The number of benzene rings is 3. The largest absolute Gasteiger partial charge is 0.405 e. The van der Waals surface area contributed by atoms with Gasteiger partial charge in [0.05, 0.1) is 25.4 Å². The summed E-state index contributed by atoms with van der Waals surface area (Å²) in [4.78, 5) is 12.3. The lowest BCUT2D eigenvalue weighted by molar-refractivity contribution is -0.119. The lowest BCUT2D eigenvalue weighted by atomic mass is 10.1. The smallest absolute Gasteiger partial charge is 0.261 e. The Hall–Kier alpha value is -2.99. The van der Waals surface area contributed by atoms with Crippen molar-refractivity contribution in [2.24, 2.45) is 0 Å². The van der Waals surface area contributed by atoms with E-state index in [1.807, 2.05) is 48.5 Å². The first-order chi connectivity index (χ1) is 16.4. The predicted molar refractivity (Wildman–Crippen MR) is 140 cm³/mol. The van der Waals surface area contributed by atoms with Crippen LogP contribution in [0.25, 0.3) is 0 Å². The molecule has 0 saturated carbocycles. The van der Waals surface area contributed by atoms with E-state index in [4.69, 9.17) is 9.16 Å². The zero-order chi connectivity index (χ0) is 24.0. The number of amides is 1. The van der Waals surface area contributed by atoms with Crippen molar-refractivity contribution < 1.29 is 14.0 Å². The van der Waals surface area contributed by atoms with Gasteiger partial charge in [-0.3, -0.25) is 4.79 Å². The highest BCUT2D eigenvalue weighted by Gasteiger charge is 2.50. The van der Waals surface area contributed by atoms with Crippen molar-refractivity contribution >= 4 is 24.6 Å². The Bertz CT molecular complexity index is 1050. The van der Waals surface area contributed by atoms with E-state index in [1.54, 1.807) is 6.08 Å². The number of rotatable bonds is 8. The van der Waals surface area contributed by atoms with Gasteiger partial charge in [-0.1, -0.05) is 112 Å². The Balaban J connectivity index is 1.63. The molecule has 3 aromatic rings. The molecule has 0 unspecified atom stereocenters. The van der Waals surface area contributed by atoms with E-state index < -0.39 is 8.32 Å². The number of nitrogens with one attached hydrogen (secondary N) is 1. The maximum atomic E-state index is 12.3. The van der Waals surface area contributed by atoms with Crippen LogP contribution < -0.4 is 15.7 Å². The fraction of sp³-hybridized carbons (Fsp3) is 0.276. The molecule has 3 aromatic carbocycles. The molecule has 0 aliphatic carbocycles. The van der Waals surface area contributed by atoms with Crippen LogP contribution in [0.4, 0.5) is 0 Å². The van der Waals surface area contributed by atoms with Gasteiger partial charge in [0.15, 0.2) is 0 Å². The Morgan fingerprint density at radius 3 is 1.88 bits per heavy atom. The standard InChI is InChI=1S/C29H33NO3Si/c1-29(2,3)34(24-15-9-5-10-16-24,25-17-11-6-12-18-25)33-22-26-27(19-20-28(31)30-26)32-21-23-13-7-4-8-14-23/h4-20,26-27H,21-22H2,1-3H3,(H,30,31)/t26-,27-/m0/s1. The SMILES string of the molecule is CC(C)(C)[Si](OC[C@@H]1NC(=O)C=C[C@@H]1OCc1ccccc1)(c1ccccc1)c1ccccc1. The molecule has 0 fully saturated rings. The summed E-state index contributed by atoms with van der Waals surface area (Å²) in [7, 11) is -2.70. The molecule has 4 rings (SSSR count). The van der Waals surface area contributed by atoms with Crippen molar-refractivity contribution in [1.82, 2.24) is 5.32 Å². The molecule has 0 spiro atoms. The first-order valence-electron chi connectivity index (χ1n) is 11.8. The van der Waals surface area contributed by atoms with E-state index >= 15 is 0 Å². The van der Waals surface area contributed by atoms with Gasteiger partial charge in [0.1, 0.15) is 0 Å². The Morgan fingerprint density at radius 1 is 0.824 bits per heavy atom. The third kappa shape index (κ3) is 5.22. The maximum absolute atomic E-state index is 12.3. The molecule has 0 radical (unpaired) electrons. The van der Waals surface area contributed by atoms with E-state index in [0.29, 0.717) is 13.2 Å². The molecule has 34 heavy (non-hydrogen) atoms. The molecule has 0 aromatic heterocycles. The van der Waals surface area contributed by atoms with Crippen molar-refractivity contribution in [3.05, 3.63) is 109 Å². The third-order valence-corrected chi connectivity index (χ3v) is 11.3. The summed E-state index contributed by atoms with van der Waals surface area (Å²) in [6.07, 6.45) is 3.13. The van der Waals surface area contributed by atoms with E-state index in [-0.39, 0.29) is 23.1 Å². The number of ether oxygens (including phenoxy) is 1. The van der Waals surface area contributed by atoms with E-state index in [0.717, 1.165) is 5.56 Å². The van der Waals surface area contributed by atoms with Crippen LogP contribution in [-0.4, -0.2) is 33.0 Å². The summed E-state index contributed by atoms with van der Waals surface area (Å²) in [5.41, 5.74) is 1.10. The molecule has 5 heteroatoms. The van der Waals surface area contributed by atoms with Gasteiger partial charge in [-0.05, 0) is 27.1 Å². The monoisotopic (exact) mass is 471 g/mol. The van der Waals surface area contributed by atoms with Crippen LogP contribution in [0.2, 0.25) is 5.04 Å². The van der Waals surface area contributed by atoms with Crippen molar-refractivity contribution in [3.63, 3.8) is 0 Å². The van der Waals surface area contributed by atoms with E-state index in [2.05, 4.69) is 74.6 Å². The number of carbonyl (C=O) groups excluding carboxylic acids is 1. The van der Waals surface area contributed by atoms with Gasteiger partial charge in [0.2, 0.25) is 5.91 Å². The molecule has 1 heterocycles. The average molecular weight is 472 g/mol. The molecule has 176 valence electrons. The molecule has 1 N–H and O–H groups in total. The fourth-order valence-corrected chi connectivity index (χ4v) is 9.27. The average Bonchev–Trinajstić information content (AvgIpc) is 2.85. The molecule has 4 nitrogen and oxygen atoms in total. The zero-order valence-corrected chi connectivity index (χ0v) is 21.1. The minimum atomic E-state index is -2.70. The fourth-order valence-electron chi connectivity index (χ4n) is 4.68. The van der Waals surface area contributed by atoms with Crippen LogP contribution in [0.1, 0.15) is 26.3 Å². The summed E-state index contributed by atoms with van der Waals surface area (Å²) in [5, 5.41) is 5.37. The van der Waals surface area contributed by atoms with Crippen LogP contribution >= 0.6 is 0 Å². The first kappa shape index (κ1) is 24.1. The van der Waals surface area contributed by atoms with Crippen LogP contribution in [0, 0.1) is 0 Å². The summed E-state index contributed by atoms with van der Waals surface area (Å²) < 4.78 is 13.3. The number of carbonyl (C=O) groups is 1. The van der Waals surface area contributed by atoms with Crippen molar-refractivity contribution in [2.45, 2.75) is 44.6 Å². The third-order valence-electron chi connectivity index (χ3n) is 6.34.